The minimum absolute atomic E-state index is 0.0417. The molecule has 4 amide bonds. The van der Waals surface area contributed by atoms with Crippen LogP contribution >= 0.6 is 11.3 Å². The molecule has 0 saturated carbocycles. The summed E-state index contributed by atoms with van der Waals surface area (Å²) in [5.41, 5.74) is 1.37. The van der Waals surface area contributed by atoms with Crippen LogP contribution in [0.5, 0.6) is 5.75 Å². The molecular formula is C25H24N4O6S. The van der Waals surface area contributed by atoms with Gasteiger partial charge in [0.15, 0.2) is 10.8 Å². The second-order valence-electron chi connectivity index (χ2n) is 8.03. The van der Waals surface area contributed by atoms with E-state index in [2.05, 4.69) is 20.4 Å². The topological polar surface area (TPSA) is 127 Å². The second kappa shape index (κ2) is 10.6. The number of esters is 1. The Morgan fingerprint density at radius 3 is 2.42 bits per heavy atom. The summed E-state index contributed by atoms with van der Waals surface area (Å²) >= 11 is 1.03. The van der Waals surface area contributed by atoms with Gasteiger partial charge in [0, 0.05) is 11.3 Å². The van der Waals surface area contributed by atoms with Crippen molar-refractivity contribution in [1.29, 1.82) is 0 Å². The van der Waals surface area contributed by atoms with E-state index in [0.29, 0.717) is 11.3 Å². The second-order valence-corrected chi connectivity index (χ2v) is 8.88. The van der Waals surface area contributed by atoms with Crippen molar-refractivity contribution >= 4 is 40.3 Å². The molecule has 2 N–H and O–H groups in total. The molecule has 1 unspecified atom stereocenters. The molecule has 1 fully saturated rings. The number of ether oxygens (including phenoxy) is 2. The van der Waals surface area contributed by atoms with Crippen molar-refractivity contribution in [2.45, 2.75) is 24.9 Å². The summed E-state index contributed by atoms with van der Waals surface area (Å²) in [5.74, 6) is -1.75. The van der Waals surface area contributed by atoms with Gasteiger partial charge in [-0.15, -0.1) is 11.3 Å². The molecule has 2 heterocycles. The molecular weight excluding hydrogens is 484 g/mol. The number of hydrogen-bond acceptors (Lipinski definition) is 8. The largest absolute Gasteiger partial charge is 0.497 e. The Morgan fingerprint density at radius 2 is 1.78 bits per heavy atom. The molecule has 1 saturated heterocycles. The number of carbonyl (C=O) groups excluding carboxylic acids is 4. The monoisotopic (exact) mass is 508 g/mol. The normalized spacial score (nSPS) is 16.8. The van der Waals surface area contributed by atoms with E-state index in [1.807, 2.05) is 30.3 Å². The number of methoxy groups -OCH3 is 2. The number of aromatic nitrogens is 1. The first-order chi connectivity index (χ1) is 17.3. The van der Waals surface area contributed by atoms with E-state index in [4.69, 9.17) is 4.74 Å². The fraction of sp³-hybridized carbons (Fsp3) is 0.240. The highest BCUT2D eigenvalue weighted by atomic mass is 32.1. The molecule has 1 aliphatic rings. The maximum absolute atomic E-state index is 13.5. The zero-order valence-corrected chi connectivity index (χ0v) is 20.6. The van der Waals surface area contributed by atoms with Gasteiger partial charge < -0.3 is 20.1 Å². The number of nitrogens with zero attached hydrogens (tertiary/aromatic N) is 2. The Bertz CT molecular complexity index is 1280. The Labute approximate surface area is 211 Å². The smallest absolute Gasteiger partial charge is 0.357 e. The molecule has 0 spiro atoms. The number of benzene rings is 2. The Balaban J connectivity index is 1.65. The average Bonchev–Trinajstić information content (AvgIpc) is 3.48. The van der Waals surface area contributed by atoms with Gasteiger partial charge >= 0.3 is 12.0 Å². The van der Waals surface area contributed by atoms with E-state index < -0.39 is 41.8 Å². The molecule has 4 rings (SSSR count). The van der Waals surface area contributed by atoms with Crippen LogP contribution < -0.4 is 15.4 Å². The highest BCUT2D eigenvalue weighted by molar-refractivity contribution is 7.14. The maximum atomic E-state index is 13.5. The number of rotatable bonds is 8. The van der Waals surface area contributed by atoms with E-state index in [-0.39, 0.29) is 10.8 Å². The van der Waals surface area contributed by atoms with Gasteiger partial charge in [-0.25, -0.2) is 19.5 Å². The summed E-state index contributed by atoms with van der Waals surface area (Å²) in [6.07, 6.45) is 0. The summed E-state index contributed by atoms with van der Waals surface area (Å²) < 4.78 is 9.82. The van der Waals surface area contributed by atoms with Crippen LogP contribution in [0.3, 0.4) is 0 Å². The summed E-state index contributed by atoms with van der Waals surface area (Å²) in [4.78, 5) is 56.9. The molecule has 0 bridgehead atoms. The number of imide groups is 1. The minimum Gasteiger partial charge on any atom is -0.497 e. The molecule has 11 heteroatoms. The van der Waals surface area contributed by atoms with E-state index in [1.54, 1.807) is 31.2 Å². The van der Waals surface area contributed by atoms with Crippen LogP contribution in [0.2, 0.25) is 0 Å². The summed E-state index contributed by atoms with van der Waals surface area (Å²) in [7, 11) is 2.76. The lowest BCUT2D eigenvalue weighted by molar-refractivity contribution is -0.134. The minimum atomic E-state index is -1.19. The quantitative estimate of drug-likeness (QED) is 0.353. The van der Waals surface area contributed by atoms with Crippen LogP contribution in [0.4, 0.5) is 9.93 Å². The Hall–Kier alpha value is -4.25. The van der Waals surface area contributed by atoms with Gasteiger partial charge in [-0.3, -0.25) is 9.59 Å². The van der Waals surface area contributed by atoms with Gasteiger partial charge in [0.05, 0.1) is 14.2 Å². The lowest BCUT2D eigenvalue weighted by atomic mass is 9.91. The number of anilines is 1. The molecule has 36 heavy (non-hydrogen) atoms. The third kappa shape index (κ3) is 4.91. The Kier molecular flexibility index (Phi) is 7.30. The number of nitrogens with one attached hydrogen (secondary N) is 2. The molecule has 0 radical (unpaired) electrons. The molecule has 10 nitrogen and oxygen atoms in total. The number of amides is 4. The highest BCUT2D eigenvalue weighted by Crippen LogP contribution is 2.31. The standard InChI is InChI=1S/C25H24N4O6S/c1-14(15-7-5-4-6-8-15)20(21(30)28-24-26-18(13-36-24)23(32)35-3)29-22(31)19(27-25(29)33)16-9-11-17(34-2)12-10-16/h4-14,19-20H,1-3H3,(H,27,33)(H,26,28,30)/t14-,19+,20?/m0/s1. The molecule has 3 aromatic rings. The number of thiazole rings is 1. The Morgan fingerprint density at radius 1 is 1.08 bits per heavy atom. The fourth-order valence-corrected chi connectivity index (χ4v) is 4.68. The summed E-state index contributed by atoms with van der Waals surface area (Å²) in [6.45, 7) is 1.77. The average molecular weight is 509 g/mol. The molecule has 1 aliphatic heterocycles. The van der Waals surface area contributed by atoms with Gasteiger partial charge in [0.25, 0.3) is 5.91 Å². The third-order valence-corrected chi connectivity index (χ3v) is 6.65. The van der Waals surface area contributed by atoms with Gasteiger partial charge in [0.1, 0.15) is 17.8 Å². The van der Waals surface area contributed by atoms with Gasteiger partial charge in [-0.2, -0.15) is 0 Å². The summed E-state index contributed by atoms with van der Waals surface area (Å²) in [5, 5.41) is 6.92. The SMILES string of the molecule is COC(=O)c1csc(NC(=O)C([C@@H](C)c2ccccc2)N2C(=O)N[C@H](c3ccc(OC)cc3)C2=O)n1. The lowest BCUT2D eigenvalue weighted by Crippen LogP contribution is -2.50. The molecule has 3 atom stereocenters. The molecule has 0 aliphatic carbocycles. The fourth-order valence-electron chi connectivity index (χ4n) is 4.00. The predicted octanol–water partition coefficient (Wildman–Crippen LogP) is 3.34. The van der Waals surface area contributed by atoms with Crippen LogP contribution in [0.1, 0.15) is 40.5 Å². The molecule has 1 aromatic heterocycles. The van der Waals surface area contributed by atoms with Crippen LogP contribution in [-0.2, 0) is 14.3 Å². The molecule has 2 aromatic carbocycles. The van der Waals surface area contributed by atoms with Gasteiger partial charge in [-0.05, 0) is 23.3 Å². The van der Waals surface area contributed by atoms with E-state index >= 15 is 0 Å². The number of carbonyl (C=O) groups is 4. The zero-order chi connectivity index (χ0) is 25.8. The number of urea groups is 1. The van der Waals surface area contributed by atoms with Crippen molar-refractivity contribution in [3.8, 4) is 5.75 Å². The van der Waals surface area contributed by atoms with Crippen molar-refractivity contribution in [3.63, 3.8) is 0 Å². The van der Waals surface area contributed by atoms with E-state index in [1.165, 1.54) is 19.6 Å². The maximum Gasteiger partial charge on any atom is 0.357 e. The van der Waals surface area contributed by atoms with Crippen molar-refractivity contribution < 1.29 is 28.7 Å². The van der Waals surface area contributed by atoms with E-state index in [9.17, 15) is 19.2 Å². The highest BCUT2D eigenvalue weighted by Gasteiger charge is 2.47. The van der Waals surface area contributed by atoms with Crippen molar-refractivity contribution in [2.24, 2.45) is 0 Å². The zero-order valence-electron chi connectivity index (χ0n) is 19.8. The first-order valence-electron chi connectivity index (χ1n) is 11.0. The van der Waals surface area contributed by atoms with Crippen molar-refractivity contribution in [3.05, 3.63) is 76.8 Å². The number of hydrogen-bond donors (Lipinski definition) is 2. The third-order valence-electron chi connectivity index (χ3n) is 5.89. The van der Waals surface area contributed by atoms with Crippen LogP contribution in [0.25, 0.3) is 0 Å². The van der Waals surface area contributed by atoms with E-state index in [0.717, 1.165) is 21.8 Å². The van der Waals surface area contributed by atoms with Crippen molar-refractivity contribution in [1.82, 2.24) is 15.2 Å². The van der Waals surface area contributed by atoms with Crippen LogP contribution in [0.15, 0.2) is 60.0 Å². The van der Waals surface area contributed by atoms with Gasteiger partial charge in [-0.1, -0.05) is 49.4 Å². The lowest BCUT2D eigenvalue weighted by Gasteiger charge is -2.29. The summed E-state index contributed by atoms with van der Waals surface area (Å²) in [6, 6.07) is 13.0. The molecule has 186 valence electrons. The first kappa shape index (κ1) is 24.9. The van der Waals surface area contributed by atoms with Gasteiger partial charge in [0.2, 0.25) is 5.91 Å². The van der Waals surface area contributed by atoms with Crippen LogP contribution in [-0.4, -0.2) is 54.0 Å². The van der Waals surface area contributed by atoms with Crippen molar-refractivity contribution in [2.75, 3.05) is 19.5 Å². The first-order valence-corrected chi connectivity index (χ1v) is 11.9. The predicted molar refractivity (Wildman–Crippen MR) is 132 cm³/mol. The van der Waals surface area contributed by atoms with Crippen LogP contribution in [0, 0.1) is 0 Å².